The molecule has 1 aliphatic heterocycles. The number of hydrogen-bond acceptors (Lipinski definition) is 7. The van der Waals surface area contributed by atoms with Crippen molar-refractivity contribution in [1.29, 1.82) is 0 Å². The van der Waals surface area contributed by atoms with E-state index in [0.717, 1.165) is 12.0 Å². The number of benzene rings is 2. The molecule has 0 N–H and O–H groups in total. The minimum atomic E-state index is -0.0240. The maximum absolute atomic E-state index is 12.7. The van der Waals surface area contributed by atoms with Gasteiger partial charge in [-0.15, -0.1) is 10.2 Å². The highest BCUT2D eigenvalue weighted by Crippen LogP contribution is 2.33. The average molecular weight is 446 g/mol. The Morgan fingerprint density at radius 2 is 2.03 bits per heavy atom. The van der Waals surface area contributed by atoms with Crippen LogP contribution in [0.3, 0.4) is 0 Å². The largest absolute Gasteiger partial charge is 0.454 e. The second-order valence-corrected chi connectivity index (χ2v) is 7.91. The van der Waals surface area contributed by atoms with Gasteiger partial charge in [0.15, 0.2) is 28.3 Å². The van der Waals surface area contributed by atoms with Crippen LogP contribution in [0.15, 0.2) is 47.6 Å². The van der Waals surface area contributed by atoms with Crippen LogP contribution in [0.25, 0.3) is 11.4 Å². The summed E-state index contributed by atoms with van der Waals surface area (Å²) in [6, 6.07) is 12.7. The third kappa shape index (κ3) is 4.45. The molecular formula is C21H20ClN3O4S. The average Bonchev–Trinajstić information content (AvgIpc) is 3.39. The van der Waals surface area contributed by atoms with Crippen LogP contribution in [0.4, 0.5) is 0 Å². The molecule has 30 heavy (non-hydrogen) atoms. The topological polar surface area (TPSA) is 75.5 Å². The third-order valence-electron chi connectivity index (χ3n) is 4.59. The highest BCUT2D eigenvalue weighted by molar-refractivity contribution is 7.99. The van der Waals surface area contributed by atoms with E-state index in [1.807, 2.05) is 28.8 Å². The van der Waals surface area contributed by atoms with Gasteiger partial charge in [-0.1, -0.05) is 35.5 Å². The van der Waals surface area contributed by atoms with Crippen molar-refractivity contribution in [2.24, 2.45) is 0 Å². The molecule has 0 saturated carbocycles. The summed E-state index contributed by atoms with van der Waals surface area (Å²) in [6.07, 6.45) is 0.787. The van der Waals surface area contributed by atoms with Crippen LogP contribution in [0.5, 0.6) is 11.5 Å². The van der Waals surface area contributed by atoms with Crippen molar-refractivity contribution in [1.82, 2.24) is 14.8 Å². The molecule has 2 aromatic carbocycles. The lowest BCUT2D eigenvalue weighted by Gasteiger charge is -2.11. The van der Waals surface area contributed by atoms with Crippen LogP contribution in [0, 0.1) is 0 Å². The molecule has 1 aliphatic rings. The first-order valence-corrected chi connectivity index (χ1v) is 10.8. The summed E-state index contributed by atoms with van der Waals surface area (Å²) in [5.41, 5.74) is 1.38. The van der Waals surface area contributed by atoms with Crippen LogP contribution in [-0.4, -0.2) is 46.8 Å². The number of thioether (sulfide) groups is 1. The molecular weight excluding hydrogens is 426 g/mol. The molecule has 156 valence electrons. The molecule has 9 heteroatoms. The SMILES string of the molecule is COCCCn1c(SCC(=O)c2ccc3c(c2)OCO3)nnc1-c1ccccc1Cl. The van der Waals surface area contributed by atoms with Crippen LogP contribution in [-0.2, 0) is 11.3 Å². The number of hydrogen-bond donors (Lipinski definition) is 0. The number of ether oxygens (including phenoxy) is 3. The van der Waals surface area contributed by atoms with Crippen LogP contribution < -0.4 is 9.47 Å². The Bertz CT molecular complexity index is 1060. The highest BCUT2D eigenvalue weighted by atomic mass is 35.5. The minimum absolute atomic E-state index is 0.0240. The fraction of sp³-hybridized carbons (Fsp3) is 0.286. The standard InChI is InChI=1S/C21H20ClN3O4S/c1-27-10-4-9-25-20(15-5-2-3-6-16(15)22)23-24-21(25)30-12-17(26)14-7-8-18-19(11-14)29-13-28-18/h2-3,5-8,11H,4,9-10,12-13H2,1H3. The maximum Gasteiger partial charge on any atom is 0.231 e. The minimum Gasteiger partial charge on any atom is -0.454 e. The van der Waals surface area contributed by atoms with E-state index in [4.69, 9.17) is 25.8 Å². The summed E-state index contributed by atoms with van der Waals surface area (Å²) >= 11 is 7.71. The summed E-state index contributed by atoms with van der Waals surface area (Å²) in [5, 5.41) is 9.92. The van der Waals surface area contributed by atoms with Crippen molar-refractivity contribution in [3.63, 3.8) is 0 Å². The number of methoxy groups -OCH3 is 1. The first kappa shape index (κ1) is 20.7. The molecule has 3 aromatic rings. The third-order valence-corrected chi connectivity index (χ3v) is 5.89. The first-order chi connectivity index (χ1) is 14.7. The molecule has 0 aliphatic carbocycles. The Kier molecular flexibility index (Phi) is 6.56. The lowest BCUT2D eigenvalue weighted by Crippen LogP contribution is -2.08. The molecule has 0 fully saturated rings. The summed E-state index contributed by atoms with van der Waals surface area (Å²) in [4.78, 5) is 12.7. The van der Waals surface area contributed by atoms with Gasteiger partial charge in [0.1, 0.15) is 0 Å². The van der Waals surface area contributed by atoms with Gasteiger partial charge in [-0.25, -0.2) is 0 Å². The number of ketones is 1. The normalized spacial score (nSPS) is 12.3. The monoisotopic (exact) mass is 445 g/mol. The Labute approximate surface area is 183 Å². The number of carbonyl (C=O) groups excluding carboxylic acids is 1. The number of rotatable bonds is 9. The number of Topliss-reactive ketones (excluding diaryl/α,β-unsaturated/α-hetero) is 1. The van der Waals surface area contributed by atoms with Gasteiger partial charge in [-0.2, -0.15) is 0 Å². The molecule has 0 spiro atoms. The zero-order valence-electron chi connectivity index (χ0n) is 16.3. The molecule has 1 aromatic heterocycles. The summed E-state index contributed by atoms with van der Waals surface area (Å²) < 4.78 is 17.8. The van der Waals surface area contributed by atoms with Gasteiger partial charge in [0, 0.05) is 31.4 Å². The van der Waals surface area contributed by atoms with Gasteiger partial charge < -0.3 is 18.8 Å². The molecule has 7 nitrogen and oxygen atoms in total. The van der Waals surface area contributed by atoms with Gasteiger partial charge >= 0.3 is 0 Å². The van der Waals surface area contributed by atoms with E-state index in [0.29, 0.717) is 46.2 Å². The van der Waals surface area contributed by atoms with E-state index in [2.05, 4.69) is 10.2 Å². The predicted octanol–water partition coefficient (Wildman–Crippen LogP) is 4.34. The van der Waals surface area contributed by atoms with Crippen LogP contribution in [0.1, 0.15) is 16.8 Å². The first-order valence-electron chi connectivity index (χ1n) is 9.40. The van der Waals surface area contributed by atoms with Crippen molar-refractivity contribution in [2.45, 2.75) is 18.1 Å². The molecule has 0 bridgehead atoms. The van der Waals surface area contributed by atoms with Gasteiger partial charge in [0.2, 0.25) is 6.79 Å². The zero-order valence-corrected chi connectivity index (χ0v) is 17.9. The van der Waals surface area contributed by atoms with Gasteiger partial charge in [0.05, 0.1) is 10.8 Å². The number of nitrogens with zero attached hydrogens (tertiary/aromatic N) is 3. The van der Waals surface area contributed by atoms with Gasteiger partial charge in [-0.05, 0) is 36.8 Å². The Morgan fingerprint density at radius 3 is 2.87 bits per heavy atom. The lowest BCUT2D eigenvalue weighted by atomic mass is 10.1. The smallest absolute Gasteiger partial charge is 0.231 e. The molecule has 0 radical (unpaired) electrons. The van der Waals surface area contributed by atoms with E-state index >= 15 is 0 Å². The number of aromatic nitrogens is 3. The maximum atomic E-state index is 12.7. The number of fused-ring (bicyclic) bond motifs is 1. The van der Waals surface area contributed by atoms with E-state index < -0.39 is 0 Å². The predicted molar refractivity (Wildman–Crippen MR) is 115 cm³/mol. The van der Waals surface area contributed by atoms with E-state index in [9.17, 15) is 4.79 Å². The second kappa shape index (κ2) is 9.51. The summed E-state index contributed by atoms with van der Waals surface area (Å²) in [7, 11) is 1.67. The molecule has 0 amide bonds. The Hall–Kier alpha value is -2.55. The van der Waals surface area contributed by atoms with Gasteiger partial charge in [0.25, 0.3) is 0 Å². The van der Waals surface area contributed by atoms with Crippen molar-refractivity contribution >= 4 is 29.1 Å². The molecule has 4 rings (SSSR count). The molecule has 0 saturated heterocycles. The fourth-order valence-electron chi connectivity index (χ4n) is 3.09. The van der Waals surface area contributed by atoms with Crippen LogP contribution in [0.2, 0.25) is 5.02 Å². The Morgan fingerprint density at radius 1 is 1.20 bits per heavy atom. The number of halogens is 1. The molecule has 0 atom stereocenters. The number of carbonyl (C=O) groups is 1. The quantitative estimate of drug-likeness (QED) is 0.275. The highest BCUT2D eigenvalue weighted by Gasteiger charge is 2.19. The fourth-order valence-corrected chi connectivity index (χ4v) is 4.17. The summed E-state index contributed by atoms with van der Waals surface area (Å²) in [5.74, 6) is 2.12. The lowest BCUT2D eigenvalue weighted by molar-refractivity contribution is 0.102. The molecule has 0 unspecified atom stereocenters. The van der Waals surface area contributed by atoms with Crippen molar-refractivity contribution in [3.8, 4) is 22.9 Å². The second-order valence-electron chi connectivity index (χ2n) is 6.56. The van der Waals surface area contributed by atoms with Crippen LogP contribution >= 0.6 is 23.4 Å². The van der Waals surface area contributed by atoms with Crippen molar-refractivity contribution < 1.29 is 19.0 Å². The Balaban J connectivity index is 1.53. The molecule has 2 heterocycles. The van der Waals surface area contributed by atoms with E-state index in [-0.39, 0.29) is 18.3 Å². The van der Waals surface area contributed by atoms with E-state index in [1.54, 1.807) is 25.3 Å². The van der Waals surface area contributed by atoms with E-state index in [1.165, 1.54) is 11.8 Å². The van der Waals surface area contributed by atoms with Crippen molar-refractivity contribution in [2.75, 3.05) is 26.3 Å². The van der Waals surface area contributed by atoms with Crippen molar-refractivity contribution in [3.05, 3.63) is 53.1 Å². The summed E-state index contributed by atoms with van der Waals surface area (Å²) in [6.45, 7) is 1.44. The van der Waals surface area contributed by atoms with Gasteiger partial charge in [-0.3, -0.25) is 4.79 Å². The zero-order chi connectivity index (χ0) is 20.9.